The Kier molecular flexibility index (Phi) is 6.31. The lowest BCUT2D eigenvalue weighted by molar-refractivity contribution is 0.0660. The second kappa shape index (κ2) is 8.89. The Balaban J connectivity index is 1.69. The van der Waals surface area contributed by atoms with Gasteiger partial charge in [-0.15, -0.1) is 0 Å². The second-order valence-corrected chi connectivity index (χ2v) is 7.36. The molecule has 0 spiro atoms. The number of piperidine rings is 1. The Morgan fingerprint density at radius 2 is 2.00 bits per heavy atom. The van der Waals surface area contributed by atoms with Gasteiger partial charge in [0.2, 0.25) is 0 Å². The number of rotatable bonds is 6. The fraction of sp³-hybridized carbons (Fsp3) is 0.364. The molecule has 2 aromatic carbocycles. The predicted molar refractivity (Wildman–Crippen MR) is 108 cm³/mol. The zero-order chi connectivity index (χ0) is 20.1. The molecule has 4 N–H and O–H groups in total. The van der Waals surface area contributed by atoms with E-state index >= 15 is 0 Å². The van der Waals surface area contributed by atoms with Crippen LogP contribution in [0.3, 0.4) is 0 Å². The third-order valence-electron chi connectivity index (χ3n) is 5.21. The molecule has 6 heteroatoms. The summed E-state index contributed by atoms with van der Waals surface area (Å²) in [6.07, 6.45) is 2.04. The number of amides is 2. The topological polar surface area (TPSA) is 98.7 Å². The summed E-state index contributed by atoms with van der Waals surface area (Å²) in [5.41, 5.74) is 13.2. The van der Waals surface area contributed by atoms with Crippen LogP contribution in [0.1, 0.15) is 46.0 Å². The van der Waals surface area contributed by atoms with Gasteiger partial charge in [-0.25, -0.2) is 0 Å². The van der Waals surface area contributed by atoms with Crippen molar-refractivity contribution in [3.8, 4) is 5.75 Å². The van der Waals surface area contributed by atoms with E-state index in [1.807, 2.05) is 36.1 Å². The van der Waals surface area contributed by atoms with Crippen LogP contribution in [0, 0.1) is 5.92 Å². The van der Waals surface area contributed by atoms with E-state index in [1.165, 1.54) is 0 Å². The molecule has 2 aromatic rings. The van der Waals surface area contributed by atoms with Gasteiger partial charge in [0, 0.05) is 24.7 Å². The van der Waals surface area contributed by atoms with Crippen LogP contribution in [0.4, 0.5) is 0 Å². The first-order valence-electron chi connectivity index (χ1n) is 9.61. The molecule has 1 heterocycles. The molecule has 1 aliphatic rings. The van der Waals surface area contributed by atoms with Gasteiger partial charge in [0.05, 0.1) is 5.56 Å². The van der Waals surface area contributed by atoms with E-state index in [0.29, 0.717) is 29.3 Å². The minimum atomic E-state index is -0.534. The maximum Gasteiger partial charge on any atom is 0.253 e. The van der Waals surface area contributed by atoms with Crippen molar-refractivity contribution in [2.75, 3.05) is 13.1 Å². The van der Waals surface area contributed by atoms with E-state index in [2.05, 4.69) is 0 Å². The van der Waals surface area contributed by atoms with Crippen LogP contribution < -0.4 is 16.2 Å². The summed E-state index contributed by atoms with van der Waals surface area (Å²) in [5.74, 6) is 0.259. The number of para-hydroxylation sites is 1. The highest BCUT2D eigenvalue weighted by atomic mass is 16.5. The number of hydrogen-bond acceptors (Lipinski definition) is 4. The molecule has 28 heavy (non-hydrogen) atoms. The number of nitrogens with zero attached hydrogens (tertiary/aromatic N) is 1. The van der Waals surface area contributed by atoms with Gasteiger partial charge in [-0.2, -0.15) is 0 Å². The Bertz CT molecular complexity index is 850. The molecule has 0 aromatic heterocycles. The normalized spacial score (nSPS) is 17.8. The van der Waals surface area contributed by atoms with E-state index in [-0.39, 0.29) is 18.6 Å². The van der Waals surface area contributed by atoms with Gasteiger partial charge in [-0.05, 0) is 55.5 Å². The van der Waals surface area contributed by atoms with Crippen molar-refractivity contribution in [2.45, 2.75) is 32.4 Å². The van der Waals surface area contributed by atoms with E-state index in [4.69, 9.17) is 16.2 Å². The van der Waals surface area contributed by atoms with Crippen molar-refractivity contribution in [1.82, 2.24) is 4.90 Å². The molecule has 0 radical (unpaired) electrons. The van der Waals surface area contributed by atoms with Gasteiger partial charge in [-0.1, -0.05) is 24.3 Å². The summed E-state index contributed by atoms with van der Waals surface area (Å²) < 4.78 is 5.77. The molecule has 0 saturated carbocycles. The molecule has 3 rings (SSSR count). The maximum atomic E-state index is 12.9. The van der Waals surface area contributed by atoms with Crippen molar-refractivity contribution in [1.29, 1.82) is 0 Å². The van der Waals surface area contributed by atoms with Crippen molar-refractivity contribution in [3.05, 3.63) is 65.2 Å². The number of nitrogens with two attached hydrogens (primary N) is 2. The molecule has 1 saturated heterocycles. The first-order valence-corrected chi connectivity index (χ1v) is 9.61. The molecule has 2 atom stereocenters. The van der Waals surface area contributed by atoms with Crippen molar-refractivity contribution < 1.29 is 14.3 Å². The molecule has 1 fully saturated rings. The average Bonchev–Trinajstić information content (AvgIpc) is 2.72. The second-order valence-electron chi connectivity index (χ2n) is 7.36. The van der Waals surface area contributed by atoms with Crippen molar-refractivity contribution in [3.63, 3.8) is 0 Å². The molecule has 2 amide bonds. The number of primary amides is 1. The number of carbonyl (C=O) groups is 2. The smallest absolute Gasteiger partial charge is 0.253 e. The Hall–Kier alpha value is -2.86. The summed E-state index contributed by atoms with van der Waals surface area (Å²) in [7, 11) is 0. The van der Waals surface area contributed by atoms with Crippen molar-refractivity contribution in [2.24, 2.45) is 17.4 Å². The summed E-state index contributed by atoms with van der Waals surface area (Å²) in [6.45, 7) is 3.70. The van der Waals surface area contributed by atoms with Crippen LogP contribution in [-0.2, 0) is 6.61 Å². The van der Waals surface area contributed by atoms with E-state index < -0.39 is 5.91 Å². The first-order chi connectivity index (χ1) is 13.5. The number of ether oxygens (including phenoxy) is 1. The van der Waals surface area contributed by atoms with E-state index in [1.54, 1.807) is 24.3 Å². The minimum Gasteiger partial charge on any atom is -0.488 e. The highest BCUT2D eigenvalue weighted by Gasteiger charge is 2.26. The highest BCUT2D eigenvalue weighted by Crippen LogP contribution is 2.22. The zero-order valence-electron chi connectivity index (χ0n) is 16.1. The molecule has 6 nitrogen and oxygen atoms in total. The van der Waals surface area contributed by atoms with E-state index in [9.17, 15) is 9.59 Å². The van der Waals surface area contributed by atoms with Gasteiger partial charge in [0.25, 0.3) is 11.8 Å². The van der Waals surface area contributed by atoms with Gasteiger partial charge >= 0.3 is 0 Å². The Morgan fingerprint density at radius 1 is 1.21 bits per heavy atom. The lowest BCUT2D eigenvalue weighted by Gasteiger charge is -2.34. The van der Waals surface area contributed by atoms with Crippen LogP contribution in [0.25, 0.3) is 0 Å². The quantitative estimate of drug-likeness (QED) is 0.803. The van der Waals surface area contributed by atoms with E-state index in [0.717, 1.165) is 24.9 Å². The van der Waals surface area contributed by atoms with Crippen LogP contribution >= 0.6 is 0 Å². The highest BCUT2D eigenvalue weighted by molar-refractivity contribution is 5.95. The lowest BCUT2D eigenvalue weighted by Crippen LogP contribution is -2.45. The fourth-order valence-electron chi connectivity index (χ4n) is 3.56. The minimum absolute atomic E-state index is 0.0183. The molecule has 0 bridgehead atoms. The monoisotopic (exact) mass is 381 g/mol. The Labute approximate surface area is 165 Å². The molecule has 0 unspecified atom stereocenters. The molecule has 148 valence electrons. The summed E-state index contributed by atoms with van der Waals surface area (Å²) in [6, 6.07) is 14.3. The van der Waals surface area contributed by atoms with Gasteiger partial charge < -0.3 is 21.1 Å². The summed E-state index contributed by atoms with van der Waals surface area (Å²) in [4.78, 5) is 26.3. The number of likely N-dealkylation sites (tertiary alicyclic amines) is 1. The number of hydrogen-bond donors (Lipinski definition) is 2. The molecule has 0 aliphatic carbocycles. The van der Waals surface area contributed by atoms with Crippen LogP contribution in [-0.4, -0.2) is 35.8 Å². The van der Waals surface area contributed by atoms with Gasteiger partial charge in [0.15, 0.2) is 0 Å². The Morgan fingerprint density at radius 3 is 2.75 bits per heavy atom. The van der Waals surface area contributed by atoms with Gasteiger partial charge in [-0.3, -0.25) is 9.59 Å². The molecular formula is C22H27N3O3. The molecule has 1 aliphatic heterocycles. The fourth-order valence-corrected chi connectivity index (χ4v) is 3.56. The summed E-state index contributed by atoms with van der Waals surface area (Å²) in [5, 5.41) is 0. The number of benzene rings is 2. The van der Waals surface area contributed by atoms with Crippen LogP contribution in [0.15, 0.2) is 48.5 Å². The van der Waals surface area contributed by atoms with Crippen molar-refractivity contribution >= 4 is 11.8 Å². The maximum absolute atomic E-state index is 12.9. The van der Waals surface area contributed by atoms with Crippen LogP contribution in [0.5, 0.6) is 5.75 Å². The SMILES string of the molecule is C[C@@H](N)[C@@H]1CCCN(C(=O)c2cccc(COc3ccccc3C(N)=O)c2)C1. The summed E-state index contributed by atoms with van der Waals surface area (Å²) >= 11 is 0. The lowest BCUT2D eigenvalue weighted by atomic mass is 9.92. The molecular weight excluding hydrogens is 354 g/mol. The predicted octanol–water partition coefficient (Wildman–Crippen LogP) is 2.56. The largest absolute Gasteiger partial charge is 0.488 e. The van der Waals surface area contributed by atoms with Gasteiger partial charge in [0.1, 0.15) is 12.4 Å². The third kappa shape index (κ3) is 4.70. The average molecular weight is 381 g/mol. The zero-order valence-corrected chi connectivity index (χ0v) is 16.1. The van der Waals surface area contributed by atoms with Crippen LogP contribution in [0.2, 0.25) is 0 Å². The third-order valence-corrected chi connectivity index (χ3v) is 5.21. The number of carbonyl (C=O) groups excluding carboxylic acids is 2. The first kappa shape index (κ1) is 19.9. The standard InChI is InChI=1S/C22H27N3O3/c1-15(23)18-8-5-11-25(13-18)22(27)17-7-4-6-16(12-17)14-28-20-10-3-2-9-19(20)21(24)26/h2-4,6-7,9-10,12,15,18H,5,8,11,13-14,23H2,1H3,(H2,24,26)/t15-,18-/m1/s1.